The highest BCUT2D eigenvalue weighted by Gasteiger charge is 2.42. The molecule has 5 atom stereocenters. The molecule has 31 nitrogen and oxygen atoms in total. The summed E-state index contributed by atoms with van der Waals surface area (Å²) in [4.78, 5) is 115. The number of amides is 8. The van der Waals surface area contributed by atoms with Gasteiger partial charge in [0.15, 0.2) is 28.3 Å². The van der Waals surface area contributed by atoms with Gasteiger partial charge in [0, 0.05) is 69.4 Å². The Morgan fingerprint density at radius 1 is 0.816 bits per heavy atom. The maximum atomic E-state index is 13.3. The lowest BCUT2D eigenvalue weighted by Crippen LogP contribution is -2.48. The van der Waals surface area contributed by atoms with Gasteiger partial charge in [0.05, 0.1) is 61.9 Å². The third kappa shape index (κ3) is 21.6. The molecule has 11 N–H and O–H groups in total. The van der Waals surface area contributed by atoms with Crippen molar-refractivity contribution in [3.63, 3.8) is 0 Å². The van der Waals surface area contributed by atoms with E-state index >= 15 is 0 Å². The molecule has 0 spiro atoms. The minimum Gasteiger partial charge on any atom is -0.493 e. The summed E-state index contributed by atoms with van der Waals surface area (Å²) in [5, 5.41) is 42.7. The van der Waals surface area contributed by atoms with Crippen LogP contribution >= 0.6 is 11.8 Å². The molecule has 2 saturated heterocycles. The monoisotopic (exact) mass is 1230 g/mol. The minimum absolute atomic E-state index is 0.0113. The lowest BCUT2D eigenvalue weighted by Gasteiger charge is -2.19. The standard InChI is InChI=1S/C55H76N16O15S/c1-33(86-54(78)60-19-7-6-9-37(64-45(74)17-18-55(2)69-70-55)49(75)59-21-20-57-43(72)11-5-4-10-42-46-38(31-87-42)65-52(76)66-46)36-27-40(81-3)41(28-39(36)71(79)80)83-23-8-12-44(73)58-22-24-82-25-26-84-53(77)61-29-34-13-15-35(16-14-34)30-85-50-47-48(63-32-62-47)67-51(56)68-50/h13-16,27-28,32-33,37-38,42,46H,4-12,17-26,29-31H2,1-3H3,(H,57,72)(H,58,73)(H,59,75)(H,60,78)(H,61,77)(H,64,74)(H2,65,66,76)(H3,56,62,63,67,68). The molecule has 3 aliphatic heterocycles. The summed E-state index contributed by atoms with van der Waals surface area (Å²) in [5.74, 6) is 0.165. The van der Waals surface area contributed by atoms with Gasteiger partial charge in [-0.25, -0.2) is 19.4 Å². The molecule has 5 heterocycles. The summed E-state index contributed by atoms with van der Waals surface area (Å²) in [6.45, 7) is 4.61. The first-order valence-electron chi connectivity index (χ1n) is 28.8. The first-order chi connectivity index (χ1) is 41.9. The van der Waals surface area contributed by atoms with E-state index in [4.69, 9.17) is 34.2 Å². The van der Waals surface area contributed by atoms with Crippen LogP contribution in [-0.4, -0.2) is 161 Å². The number of aromatic amines is 1. The maximum absolute atomic E-state index is 13.3. The lowest BCUT2D eigenvalue weighted by atomic mass is 10.0. The van der Waals surface area contributed by atoms with Gasteiger partial charge in [-0.15, -0.1) is 0 Å². The Labute approximate surface area is 505 Å². The number of benzene rings is 2. The number of urea groups is 1. The number of carbonyl (C=O) groups excluding carboxylic acids is 7. The summed E-state index contributed by atoms with van der Waals surface area (Å²) in [7, 11) is 1.35. The van der Waals surface area contributed by atoms with E-state index in [1.54, 1.807) is 6.92 Å². The molecule has 87 heavy (non-hydrogen) atoms. The number of alkyl carbamates (subject to hydrolysis) is 2. The van der Waals surface area contributed by atoms with Gasteiger partial charge in [-0.1, -0.05) is 30.7 Å². The van der Waals surface area contributed by atoms with Crippen LogP contribution < -0.4 is 62.5 Å². The van der Waals surface area contributed by atoms with Gasteiger partial charge in [-0.05, 0) is 69.6 Å². The van der Waals surface area contributed by atoms with Crippen molar-refractivity contribution in [2.45, 2.75) is 133 Å². The molecule has 472 valence electrons. The van der Waals surface area contributed by atoms with E-state index in [1.165, 1.54) is 26.4 Å². The summed E-state index contributed by atoms with van der Waals surface area (Å²) in [6, 6.07) is 9.13. The van der Waals surface area contributed by atoms with Gasteiger partial charge < -0.3 is 81.7 Å². The fourth-order valence-electron chi connectivity index (χ4n) is 9.31. The van der Waals surface area contributed by atoms with Crippen LogP contribution in [0.5, 0.6) is 17.4 Å². The van der Waals surface area contributed by atoms with Gasteiger partial charge in [0.1, 0.15) is 25.4 Å². The maximum Gasteiger partial charge on any atom is 0.407 e. The smallest absolute Gasteiger partial charge is 0.407 e. The molecule has 2 fully saturated rings. The predicted octanol–water partition coefficient (Wildman–Crippen LogP) is 4.01. The van der Waals surface area contributed by atoms with Crippen molar-refractivity contribution in [2.75, 3.05) is 71.2 Å². The van der Waals surface area contributed by atoms with Crippen molar-refractivity contribution in [1.82, 2.24) is 62.5 Å². The zero-order chi connectivity index (χ0) is 62.1. The van der Waals surface area contributed by atoms with Gasteiger partial charge in [-0.2, -0.15) is 32.0 Å². The number of nitro groups is 1. The molecular weight excluding hydrogens is 1160 g/mol. The first-order valence-corrected chi connectivity index (χ1v) is 29.8. The van der Waals surface area contributed by atoms with E-state index in [0.29, 0.717) is 48.5 Å². The highest BCUT2D eigenvalue weighted by Crippen LogP contribution is 2.39. The Morgan fingerprint density at radius 3 is 2.34 bits per heavy atom. The second kappa shape index (κ2) is 33.2. The molecule has 0 radical (unpaired) electrons. The third-order valence-corrected chi connectivity index (χ3v) is 15.6. The Bertz CT molecular complexity index is 3040. The Morgan fingerprint density at radius 2 is 1.57 bits per heavy atom. The summed E-state index contributed by atoms with van der Waals surface area (Å²) >= 11 is 1.83. The molecule has 2 aromatic carbocycles. The van der Waals surface area contributed by atoms with E-state index in [1.807, 2.05) is 36.0 Å². The number of fused-ring (bicyclic) bond motifs is 2. The van der Waals surface area contributed by atoms with Gasteiger partial charge >= 0.3 is 18.2 Å². The number of nitro benzene ring substituents is 1. The first kappa shape index (κ1) is 65.7. The Balaban J connectivity index is 0.724. The summed E-state index contributed by atoms with van der Waals surface area (Å²) in [5.41, 5.74) is 7.42. The molecular formula is C55H76N16O15S. The number of unbranched alkanes of at least 4 members (excludes halogenated alkanes) is 2. The average molecular weight is 1230 g/mol. The van der Waals surface area contributed by atoms with E-state index in [2.05, 4.69) is 72.7 Å². The number of hydrogen-bond acceptors (Lipinski definition) is 22. The molecule has 8 amide bonds. The van der Waals surface area contributed by atoms with Crippen LogP contribution in [0.4, 0.5) is 26.0 Å². The molecule has 0 aliphatic carbocycles. The van der Waals surface area contributed by atoms with Gasteiger partial charge in [0.2, 0.25) is 35.5 Å². The topological polar surface area (TPSA) is 419 Å². The molecule has 0 saturated carbocycles. The summed E-state index contributed by atoms with van der Waals surface area (Å²) in [6.07, 6.45) is 3.50. The number of nitrogens with one attached hydrogen (secondary N) is 9. The average Bonchev–Trinajstić information content (AvgIpc) is 2.48. The Kier molecular flexibility index (Phi) is 25.1. The van der Waals surface area contributed by atoms with Crippen molar-refractivity contribution in [1.29, 1.82) is 0 Å². The van der Waals surface area contributed by atoms with Crippen molar-refractivity contribution in [3.8, 4) is 17.4 Å². The van der Waals surface area contributed by atoms with Crippen molar-refractivity contribution >= 4 is 76.4 Å². The number of methoxy groups -OCH3 is 1. The van der Waals surface area contributed by atoms with E-state index in [0.717, 1.165) is 35.8 Å². The number of hydrogen-bond donors (Lipinski definition) is 10. The van der Waals surface area contributed by atoms with E-state index < -0.39 is 46.5 Å². The second-order valence-electron chi connectivity index (χ2n) is 20.8. The molecule has 7 rings (SSSR count). The number of nitrogens with two attached hydrogens (primary N) is 1. The second-order valence-corrected chi connectivity index (χ2v) is 22.1. The number of rotatable bonds is 38. The molecule has 0 bridgehead atoms. The zero-order valence-corrected chi connectivity index (χ0v) is 49.6. The minimum atomic E-state index is -1.10. The van der Waals surface area contributed by atoms with Crippen molar-refractivity contribution in [2.24, 2.45) is 10.2 Å². The van der Waals surface area contributed by atoms with Crippen LogP contribution in [0.2, 0.25) is 0 Å². The number of nitrogen functional groups attached to an aromatic ring is 1. The van der Waals surface area contributed by atoms with E-state index in [9.17, 15) is 43.7 Å². The quantitative estimate of drug-likeness (QED) is 0.0131. The highest BCUT2D eigenvalue weighted by atomic mass is 32.2. The van der Waals surface area contributed by atoms with Crippen molar-refractivity contribution in [3.05, 3.63) is 69.5 Å². The number of nitrogens with zero attached hydrogens (tertiary/aromatic N) is 6. The number of thioether (sulfide) groups is 1. The number of carbonyl (C=O) groups is 7. The molecule has 3 aliphatic rings. The molecule has 4 aromatic rings. The molecule has 32 heteroatoms. The number of imidazole rings is 1. The molecule has 2 aromatic heterocycles. The van der Waals surface area contributed by atoms with Crippen LogP contribution in [-0.2, 0) is 46.5 Å². The number of H-pyrrole nitrogens is 1. The fourth-order valence-corrected chi connectivity index (χ4v) is 10.9. The van der Waals surface area contributed by atoms with Crippen LogP contribution in [0, 0.1) is 10.1 Å². The zero-order valence-electron chi connectivity index (χ0n) is 48.8. The Hall–Kier alpha value is -8.81. The SMILES string of the molecule is COc1cc(C(C)OC(=O)NCCCCC(NC(=O)CCC2(C)N=N2)C(=O)NCCNC(=O)CCCCC2SCC3NC(=O)NC32)c([N+](=O)[O-])cc1OCCCC(=O)NCCOCCOC(=O)NCc1ccc(COc2nc(N)nc3[nH]cnc23)cc1. The normalized spacial score (nSPS) is 16.7. The van der Waals surface area contributed by atoms with Crippen LogP contribution in [0.15, 0.2) is 53.0 Å². The van der Waals surface area contributed by atoms with Gasteiger partial charge in [-0.3, -0.25) is 29.3 Å². The molecule has 5 unspecified atom stereocenters. The van der Waals surface area contributed by atoms with Crippen LogP contribution in [0.25, 0.3) is 11.2 Å². The third-order valence-electron chi connectivity index (χ3n) is 14.1. The largest absolute Gasteiger partial charge is 0.493 e. The fraction of sp³-hybridized carbons (Fsp3) is 0.564. The highest BCUT2D eigenvalue weighted by molar-refractivity contribution is 8.00. The van der Waals surface area contributed by atoms with Gasteiger partial charge in [0.25, 0.3) is 5.69 Å². The summed E-state index contributed by atoms with van der Waals surface area (Å²) < 4.78 is 33.2. The number of ether oxygens (including phenoxy) is 6. The number of aromatic nitrogens is 4. The number of anilines is 1. The lowest BCUT2D eigenvalue weighted by molar-refractivity contribution is -0.386. The van der Waals surface area contributed by atoms with E-state index in [-0.39, 0.29) is 156 Å². The predicted molar refractivity (Wildman–Crippen MR) is 314 cm³/mol. The van der Waals surface area contributed by atoms with Crippen LogP contribution in [0.3, 0.4) is 0 Å². The van der Waals surface area contributed by atoms with Crippen LogP contribution in [0.1, 0.15) is 107 Å². The van der Waals surface area contributed by atoms with Crippen molar-refractivity contribution < 1.29 is 66.9 Å².